The number of fused-ring (bicyclic) bond motifs is 1. The highest BCUT2D eigenvalue weighted by molar-refractivity contribution is 7.80. The van der Waals surface area contributed by atoms with Gasteiger partial charge in [0, 0.05) is 57.6 Å². The molecule has 3 aliphatic heterocycles. The van der Waals surface area contributed by atoms with Gasteiger partial charge < -0.3 is 25.3 Å². The highest BCUT2D eigenvalue weighted by Crippen LogP contribution is 2.30. The Morgan fingerprint density at radius 2 is 1.29 bits per heavy atom. The Hall–Kier alpha value is -3.39. The predicted octanol–water partition coefficient (Wildman–Crippen LogP) is 5.46. The van der Waals surface area contributed by atoms with Gasteiger partial charge in [0.2, 0.25) is 5.95 Å². The van der Waals surface area contributed by atoms with E-state index in [0.29, 0.717) is 17.6 Å². The van der Waals surface area contributed by atoms with Gasteiger partial charge in [-0.2, -0.15) is 9.97 Å². The molecule has 2 N–H and O–H groups in total. The largest absolute Gasteiger partial charge is 0.372 e. The predicted molar refractivity (Wildman–Crippen MR) is 160 cm³/mol. The molecule has 3 aromatic rings. The molecule has 7 nitrogen and oxygen atoms in total. The molecule has 0 amide bonds. The summed E-state index contributed by atoms with van der Waals surface area (Å²) in [7, 11) is 0. The van der Waals surface area contributed by atoms with Gasteiger partial charge in [-0.25, -0.2) is 0 Å². The zero-order valence-electron chi connectivity index (χ0n) is 22.0. The summed E-state index contributed by atoms with van der Waals surface area (Å²) in [4.78, 5) is 17.0. The van der Waals surface area contributed by atoms with Crippen molar-refractivity contribution in [3.63, 3.8) is 0 Å². The molecule has 2 saturated heterocycles. The molecule has 0 unspecified atom stereocenters. The standard InChI is InChI=1S/C30H37N7S/c38-30(31-20-23-11-13-26(14-12-23)35-15-7-8-16-35)34-29-32-27(36-17-5-1-2-6-18-36)19-28(33-29)37-21-24-9-3-4-10-25(24)22-37/h3-4,9-14,19H,1-2,5-8,15-18,20-22H2,(H2,31,32,33,34,38). The molecular weight excluding hydrogens is 490 g/mol. The van der Waals surface area contributed by atoms with E-state index in [0.717, 1.165) is 50.9 Å². The topological polar surface area (TPSA) is 59.6 Å². The van der Waals surface area contributed by atoms with Crippen LogP contribution in [-0.4, -0.2) is 41.3 Å². The number of nitrogens with one attached hydrogen (secondary N) is 2. The Kier molecular flexibility index (Phi) is 7.58. The minimum atomic E-state index is 0.539. The second-order valence-corrected chi connectivity index (χ2v) is 11.0. The zero-order valence-corrected chi connectivity index (χ0v) is 22.8. The molecule has 1 aromatic heterocycles. The fraction of sp³-hybridized carbons (Fsp3) is 0.433. The molecule has 2 fully saturated rings. The van der Waals surface area contributed by atoms with E-state index < -0.39 is 0 Å². The number of aromatic nitrogens is 2. The molecule has 0 aliphatic carbocycles. The van der Waals surface area contributed by atoms with Gasteiger partial charge in [-0.1, -0.05) is 49.2 Å². The third kappa shape index (κ3) is 5.85. The number of anilines is 4. The monoisotopic (exact) mass is 527 g/mol. The molecule has 0 saturated carbocycles. The van der Waals surface area contributed by atoms with Crippen molar-refractivity contribution in [2.45, 2.75) is 58.2 Å². The molecule has 8 heteroatoms. The van der Waals surface area contributed by atoms with E-state index in [1.165, 1.54) is 60.9 Å². The van der Waals surface area contributed by atoms with Crippen molar-refractivity contribution in [2.75, 3.05) is 46.2 Å². The van der Waals surface area contributed by atoms with E-state index in [4.69, 9.17) is 22.2 Å². The minimum Gasteiger partial charge on any atom is -0.372 e. The van der Waals surface area contributed by atoms with Crippen LogP contribution in [0.25, 0.3) is 0 Å². The Morgan fingerprint density at radius 1 is 0.711 bits per heavy atom. The lowest BCUT2D eigenvalue weighted by atomic mass is 10.1. The Labute approximate surface area is 231 Å². The maximum Gasteiger partial charge on any atom is 0.232 e. The van der Waals surface area contributed by atoms with Gasteiger partial charge in [0.25, 0.3) is 0 Å². The van der Waals surface area contributed by atoms with Crippen LogP contribution in [0.2, 0.25) is 0 Å². The first-order valence-electron chi connectivity index (χ1n) is 14.1. The minimum absolute atomic E-state index is 0.539. The average Bonchev–Trinajstić information content (AvgIpc) is 3.56. The Bertz CT molecular complexity index is 1220. The van der Waals surface area contributed by atoms with Crippen LogP contribution in [-0.2, 0) is 19.6 Å². The highest BCUT2D eigenvalue weighted by atomic mass is 32.1. The lowest BCUT2D eigenvalue weighted by molar-refractivity contribution is 0.726. The summed E-state index contributed by atoms with van der Waals surface area (Å²) in [5.74, 6) is 2.48. The molecule has 0 atom stereocenters. The van der Waals surface area contributed by atoms with E-state index in [2.05, 4.69) is 79.9 Å². The molecule has 0 bridgehead atoms. The molecule has 2 aromatic carbocycles. The quantitative estimate of drug-likeness (QED) is 0.410. The summed E-state index contributed by atoms with van der Waals surface area (Å²) in [6, 6.07) is 19.6. The average molecular weight is 528 g/mol. The van der Waals surface area contributed by atoms with Gasteiger partial charge in [0.15, 0.2) is 5.11 Å². The van der Waals surface area contributed by atoms with E-state index in [1.807, 2.05) is 0 Å². The first-order chi connectivity index (χ1) is 18.7. The second-order valence-electron chi connectivity index (χ2n) is 10.6. The number of benzene rings is 2. The van der Waals surface area contributed by atoms with E-state index in [9.17, 15) is 0 Å². The van der Waals surface area contributed by atoms with Gasteiger partial charge in [-0.05, 0) is 66.7 Å². The fourth-order valence-corrected chi connectivity index (χ4v) is 5.89. The van der Waals surface area contributed by atoms with Crippen molar-refractivity contribution in [3.05, 3.63) is 71.3 Å². The molecule has 198 valence electrons. The first kappa shape index (κ1) is 24.9. The maximum absolute atomic E-state index is 5.67. The third-order valence-electron chi connectivity index (χ3n) is 7.88. The summed E-state index contributed by atoms with van der Waals surface area (Å²) in [5.41, 5.74) is 5.24. The van der Waals surface area contributed by atoms with Crippen molar-refractivity contribution in [3.8, 4) is 0 Å². The lowest BCUT2D eigenvalue weighted by Crippen LogP contribution is -2.30. The van der Waals surface area contributed by atoms with Gasteiger partial charge in [0.1, 0.15) is 11.6 Å². The molecule has 4 heterocycles. The number of hydrogen-bond acceptors (Lipinski definition) is 6. The first-order valence-corrected chi connectivity index (χ1v) is 14.5. The van der Waals surface area contributed by atoms with Crippen molar-refractivity contribution in [2.24, 2.45) is 0 Å². The van der Waals surface area contributed by atoms with E-state index in [-0.39, 0.29) is 0 Å². The van der Waals surface area contributed by atoms with Crippen LogP contribution < -0.4 is 25.3 Å². The van der Waals surface area contributed by atoms with Crippen LogP contribution in [0.5, 0.6) is 0 Å². The van der Waals surface area contributed by atoms with Crippen molar-refractivity contribution in [1.29, 1.82) is 0 Å². The van der Waals surface area contributed by atoms with Crippen molar-refractivity contribution < 1.29 is 0 Å². The van der Waals surface area contributed by atoms with Crippen LogP contribution in [0.4, 0.5) is 23.3 Å². The Morgan fingerprint density at radius 3 is 1.95 bits per heavy atom. The smallest absolute Gasteiger partial charge is 0.232 e. The van der Waals surface area contributed by atoms with Crippen LogP contribution in [0, 0.1) is 0 Å². The van der Waals surface area contributed by atoms with Crippen molar-refractivity contribution in [1.82, 2.24) is 15.3 Å². The SMILES string of the molecule is S=C(NCc1ccc(N2CCCC2)cc1)Nc1nc(N2CCCCCC2)cc(N2Cc3ccccc3C2)n1. The summed E-state index contributed by atoms with van der Waals surface area (Å²) >= 11 is 5.67. The number of rotatable bonds is 6. The van der Waals surface area contributed by atoms with Crippen LogP contribution >= 0.6 is 12.2 Å². The van der Waals surface area contributed by atoms with E-state index >= 15 is 0 Å². The lowest BCUT2D eigenvalue weighted by Gasteiger charge is -2.25. The third-order valence-corrected chi connectivity index (χ3v) is 8.13. The van der Waals surface area contributed by atoms with Crippen LogP contribution in [0.15, 0.2) is 54.6 Å². The fourth-order valence-electron chi connectivity index (χ4n) is 5.72. The van der Waals surface area contributed by atoms with Crippen LogP contribution in [0.3, 0.4) is 0 Å². The highest BCUT2D eigenvalue weighted by Gasteiger charge is 2.23. The zero-order chi connectivity index (χ0) is 25.7. The van der Waals surface area contributed by atoms with Crippen molar-refractivity contribution >= 4 is 40.6 Å². The summed E-state index contributed by atoms with van der Waals surface area (Å²) in [6.07, 6.45) is 7.55. The molecule has 0 spiro atoms. The molecule has 3 aliphatic rings. The van der Waals surface area contributed by atoms with Gasteiger partial charge in [-0.15, -0.1) is 0 Å². The number of thiocarbonyl (C=S) groups is 1. The number of nitrogens with zero attached hydrogens (tertiary/aromatic N) is 5. The summed E-state index contributed by atoms with van der Waals surface area (Å²) < 4.78 is 0. The maximum atomic E-state index is 5.67. The summed E-state index contributed by atoms with van der Waals surface area (Å²) in [5, 5.41) is 7.17. The normalized spacial score (nSPS) is 17.3. The Balaban J connectivity index is 1.15. The summed E-state index contributed by atoms with van der Waals surface area (Å²) in [6.45, 7) is 6.77. The van der Waals surface area contributed by atoms with Gasteiger partial charge in [-0.3, -0.25) is 0 Å². The van der Waals surface area contributed by atoms with Gasteiger partial charge >= 0.3 is 0 Å². The molecule has 38 heavy (non-hydrogen) atoms. The molecule has 6 rings (SSSR count). The number of hydrogen-bond donors (Lipinski definition) is 2. The second kappa shape index (κ2) is 11.6. The molecule has 0 radical (unpaired) electrons. The van der Waals surface area contributed by atoms with Crippen LogP contribution in [0.1, 0.15) is 55.2 Å². The molecular formula is C30H37N7S. The van der Waals surface area contributed by atoms with E-state index in [1.54, 1.807) is 0 Å². The van der Waals surface area contributed by atoms with Gasteiger partial charge in [0.05, 0.1) is 0 Å².